The van der Waals surface area contributed by atoms with Gasteiger partial charge in [-0.1, -0.05) is 11.6 Å². The van der Waals surface area contributed by atoms with Crippen molar-refractivity contribution in [2.24, 2.45) is 0 Å². The molecule has 2 amide bonds. The van der Waals surface area contributed by atoms with Crippen LogP contribution < -0.4 is 10.6 Å². The fourth-order valence-corrected chi connectivity index (χ4v) is 2.52. The van der Waals surface area contributed by atoms with Gasteiger partial charge in [0.05, 0.1) is 23.1 Å². The lowest BCUT2D eigenvalue weighted by atomic mass is 10.2. The van der Waals surface area contributed by atoms with Crippen LogP contribution in [0.25, 0.3) is 5.69 Å². The van der Waals surface area contributed by atoms with Crippen LogP contribution in [0.15, 0.2) is 48.8 Å². The maximum absolute atomic E-state index is 13.9. The minimum absolute atomic E-state index is 0.00265. The Kier molecular flexibility index (Phi) is 5.18. The third kappa shape index (κ3) is 4.29. The first-order valence-corrected chi connectivity index (χ1v) is 8.10. The van der Waals surface area contributed by atoms with Gasteiger partial charge >= 0.3 is 0 Å². The summed E-state index contributed by atoms with van der Waals surface area (Å²) < 4.78 is 28.0. The van der Waals surface area contributed by atoms with E-state index in [2.05, 4.69) is 15.7 Å². The van der Waals surface area contributed by atoms with E-state index < -0.39 is 17.5 Å². The van der Waals surface area contributed by atoms with E-state index in [0.29, 0.717) is 16.4 Å². The Balaban J connectivity index is 1.85. The Labute approximate surface area is 157 Å². The van der Waals surface area contributed by atoms with E-state index in [4.69, 9.17) is 11.6 Å². The number of hydrogen-bond acceptors (Lipinski definition) is 3. The van der Waals surface area contributed by atoms with Crippen molar-refractivity contribution in [2.45, 2.75) is 6.92 Å². The molecule has 0 aliphatic rings. The van der Waals surface area contributed by atoms with Crippen molar-refractivity contribution in [3.8, 4) is 5.69 Å². The van der Waals surface area contributed by atoms with Gasteiger partial charge in [0.1, 0.15) is 11.5 Å². The van der Waals surface area contributed by atoms with Gasteiger partial charge in [0.25, 0.3) is 5.91 Å². The molecular formula is C18H13ClF2N4O2. The second-order valence-corrected chi connectivity index (χ2v) is 6.03. The molecule has 0 radical (unpaired) electrons. The summed E-state index contributed by atoms with van der Waals surface area (Å²) in [5.41, 5.74) is 0.797. The second kappa shape index (κ2) is 7.55. The number of carbonyl (C=O) groups excluding carboxylic acids is 2. The number of benzene rings is 2. The molecule has 0 unspecified atom stereocenters. The lowest BCUT2D eigenvalue weighted by Gasteiger charge is -2.11. The lowest BCUT2D eigenvalue weighted by Crippen LogP contribution is -2.14. The minimum Gasteiger partial charge on any atom is -0.325 e. The minimum atomic E-state index is -0.812. The Morgan fingerprint density at radius 1 is 1.07 bits per heavy atom. The van der Waals surface area contributed by atoms with Crippen molar-refractivity contribution in [1.82, 2.24) is 9.78 Å². The van der Waals surface area contributed by atoms with Crippen molar-refractivity contribution in [3.63, 3.8) is 0 Å². The first-order valence-electron chi connectivity index (χ1n) is 7.72. The molecule has 0 saturated heterocycles. The number of amides is 2. The standard InChI is InChI=1S/C18H13ClF2N4O2/c1-10(26)23-15-4-2-12(19)6-16(15)24-18(27)11-8-22-25(9-11)17-5-3-13(20)7-14(17)21/h2-9H,1H3,(H,23,26)(H,24,27). The van der Waals surface area contributed by atoms with Crippen LogP contribution in [0.4, 0.5) is 20.2 Å². The Bertz CT molecular complexity index is 1040. The van der Waals surface area contributed by atoms with Crippen LogP contribution >= 0.6 is 11.6 Å². The fraction of sp³-hybridized carbons (Fsp3) is 0.0556. The summed E-state index contributed by atoms with van der Waals surface area (Å²) in [6, 6.07) is 7.63. The summed E-state index contributed by atoms with van der Waals surface area (Å²) >= 11 is 5.94. The maximum atomic E-state index is 13.9. The summed E-state index contributed by atoms with van der Waals surface area (Å²) in [4.78, 5) is 23.8. The normalized spacial score (nSPS) is 10.5. The van der Waals surface area contributed by atoms with Crippen molar-refractivity contribution < 1.29 is 18.4 Å². The van der Waals surface area contributed by atoms with E-state index in [1.165, 1.54) is 31.5 Å². The molecule has 2 N–H and O–H groups in total. The molecule has 9 heteroatoms. The van der Waals surface area contributed by atoms with Gasteiger partial charge in [-0.25, -0.2) is 13.5 Å². The first-order chi connectivity index (χ1) is 12.8. The van der Waals surface area contributed by atoms with Crippen LogP contribution in [0, 0.1) is 11.6 Å². The molecule has 0 bridgehead atoms. The fourth-order valence-electron chi connectivity index (χ4n) is 2.35. The zero-order valence-electron chi connectivity index (χ0n) is 14.0. The molecule has 0 aliphatic heterocycles. The molecule has 0 aliphatic carbocycles. The highest BCUT2D eigenvalue weighted by Crippen LogP contribution is 2.26. The number of hydrogen-bond donors (Lipinski definition) is 2. The molecule has 0 fully saturated rings. The van der Waals surface area contributed by atoms with Gasteiger partial charge in [0.15, 0.2) is 5.82 Å². The molecule has 0 atom stereocenters. The van der Waals surface area contributed by atoms with Gasteiger partial charge in [-0.2, -0.15) is 5.10 Å². The van der Waals surface area contributed by atoms with Crippen LogP contribution in [0.5, 0.6) is 0 Å². The third-order valence-corrected chi connectivity index (χ3v) is 3.78. The summed E-state index contributed by atoms with van der Waals surface area (Å²) in [6.07, 6.45) is 2.54. The average molecular weight is 391 g/mol. The zero-order chi connectivity index (χ0) is 19.6. The van der Waals surface area contributed by atoms with Gasteiger partial charge in [-0.15, -0.1) is 0 Å². The van der Waals surface area contributed by atoms with Gasteiger partial charge in [-0.3, -0.25) is 9.59 Å². The van der Waals surface area contributed by atoms with E-state index >= 15 is 0 Å². The van der Waals surface area contributed by atoms with Gasteiger partial charge in [-0.05, 0) is 30.3 Å². The number of carbonyl (C=O) groups is 2. The monoisotopic (exact) mass is 390 g/mol. The Hall–Kier alpha value is -3.26. The molecular weight excluding hydrogens is 378 g/mol. The number of nitrogens with zero attached hydrogens (tertiary/aromatic N) is 2. The predicted molar refractivity (Wildman–Crippen MR) is 97.2 cm³/mol. The quantitative estimate of drug-likeness (QED) is 0.706. The summed E-state index contributed by atoms with van der Waals surface area (Å²) in [7, 11) is 0. The molecule has 138 valence electrons. The zero-order valence-corrected chi connectivity index (χ0v) is 14.7. The highest BCUT2D eigenvalue weighted by atomic mass is 35.5. The van der Waals surface area contributed by atoms with Crippen molar-refractivity contribution >= 4 is 34.8 Å². The average Bonchev–Trinajstić information content (AvgIpc) is 3.07. The molecule has 2 aromatic carbocycles. The molecule has 3 rings (SSSR count). The second-order valence-electron chi connectivity index (χ2n) is 5.59. The van der Waals surface area contributed by atoms with Crippen LogP contribution in [0.3, 0.4) is 0 Å². The molecule has 3 aromatic rings. The van der Waals surface area contributed by atoms with E-state index in [-0.39, 0.29) is 17.2 Å². The highest BCUT2D eigenvalue weighted by molar-refractivity contribution is 6.31. The maximum Gasteiger partial charge on any atom is 0.258 e. The summed E-state index contributed by atoms with van der Waals surface area (Å²) in [5.74, 6) is -2.38. The van der Waals surface area contributed by atoms with Crippen molar-refractivity contribution in [3.05, 3.63) is 71.0 Å². The molecule has 1 heterocycles. The number of rotatable bonds is 4. The SMILES string of the molecule is CC(=O)Nc1ccc(Cl)cc1NC(=O)c1cnn(-c2ccc(F)cc2F)c1. The third-order valence-electron chi connectivity index (χ3n) is 3.54. The van der Waals surface area contributed by atoms with Crippen LogP contribution in [-0.4, -0.2) is 21.6 Å². The molecule has 27 heavy (non-hydrogen) atoms. The molecule has 1 aromatic heterocycles. The van der Waals surface area contributed by atoms with E-state index in [1.807, 2.05) is 0 Å². The summed E-state index contributed by atoms with van der Waals surface area (Å²) in [6.45, 7) is 1.33. The lowest BCUT2D eigenvalue weighted by molar-refractivity contribution is -0.114. The Morgan fingerprint density at radius 3 is 2.56 bits per heavy atom. The molecule has 0 saturated carbocycles. The van der Waals surface area contributed by atoms with Gasteiger partial charge < -0.3 is 10.6 Å². The topological polar surface area (TPSA) is 76.0 Å². The van der Waals surface area contributed by atoms with Crippen LogP contribution in [0.2, 0.25) is 5.02 Å². The van der Waals surface area contributed by atoms with Crippen molar-refractivity contribution in [2.75, 3.05) is 10.6 Å². The first kappa shape index (κ1) is 18.5. The van der Waals surface area contributed by atoms with E-state index in [9.17, 15) is 18.4 Å². The van der Waals surface area contributed by atoms with Crippen LogP contribution in [0.1, 0.15) is 17.3 Å². The van der Waals surface area contributed by atoms with Gasteiger partial charge in [0.2, 0.25) is 5.91 Å². The van der Waals surface area contributed by atoms with Crippen molar-refractivity contribution in [1.29, 1.82) is 0 Å². The number of halogens is 3. The highest BCUT2D eigenvalue weighted by Gasteiger charge is 2.14. The number of aromatic nitrogens is 2. The predicted octanol–water partition coefficient (Wildman–Crippen LogP) is 4.01. The smallest absolute Gasteiger partial charge is 0.258 e. The largest absolute Gasteiger partial charge is 0.325 e. The number of anilines is 2. The number of nitrogens with one attached hydrogen (secondary N) is 2. The van der Waals surface area contributed by atoms with Gasteiger partial charge in [0, 0.05) is 24.2 Å². The van der Waals surface area contributed by atoms with E-state index in [1.54, 1.807) is 12.1 Å². The Morgan fingerprint density at radius 2 is 1.85 bits per heavy atom. The van der Waals surface area contributed by atoms with Crippen LogP contribution in [-0.2, 0) is 4.79 Å². The molecule has 0 spiro atoms. The summed E-state index contributed by atoms with van der Waals surface area (Å²) in [5, 5.41) is 9.49. The van der Waals surface area contributed by atoms with E-state index in [0.717, 1.165) is 16.8 Å². The molecule has 6 nitrogen and oxygen atoms in total.